The lowest BCUT2D eigenvalue weighted by Gasteiger charge is -2.32. The van der Waals surface area contributed by atoms with Gasteiger partial charge in [0.25, 0.3) is 0 Å². The second-order valence-corrected chi connectivity index (χ2v) is 6.31. The van der Waals surface area contributed by atoms with Crippen molar-refractivity contribution >= 4 is 11.2 Å². The van der Waals surface area contributed by atoms with E-state index in [1.54, 1.807) is 0 Å². The van der Waals surface area contributed by atoms with Gasteiger partial charge in [0.1, 0.15) is 5.52 Å². The molecule has 0 radical (unpaired) electrons. The molecular formula is C19H22N4. The molecule has 0 N–H and O–H groups in total. The number of pyridine rings is 1. The lowest BCUT2D eigenvalue weighted by atomic mass is 10.0. The van der Waals surface area contributed by atoms with Gasteiger partial charge in [-0.2, -0.15) is 0 Å². The summed E-state index contributed by atoms with van der Waals surface area (Å²) in [7, 11) is 0. The SMILES string of the molecule is c1ccc(CCN2CCC(n3cnc4cccnc43)CC2)cc1. The molecule has 0 saturated carbocycles. The van der Waals surface area contributed by atoms with E-state index in [9.17, 15) is 0 Å². The number of hydrogen-bond acceptors (Lipinski definition) is 3. The van der Waals surface area contributed by atoms with Crippen molar-refractivity contribution in [2.24, 2.45) is 0 Å². The van der Waals surface area contributed by atoms with Crippen LogP contribution in [0.4, 0.5) is 0 Å². The first-order valence-electron chi connectivity index (χ1n) is 8.44. The topological polar surface area (TPSA) is 34.0 Å². The number of nitrogens with zero attached hydrogens (tertiary/aromatic N) is 4. The van der Waals surface area contributed by atoms with Gasteiger partial charge < -0.3 is 9.47 Å². The highest BCUT2D eigenvalue weighted by Gasteiger charge is 2.21. The van der Waals surface area contributed by atoms with Gasteiger partial charge in [0.2, 0.25) is 0 Å². The summed E-state index contributed by atoms with van der Waals surface area (Å²) in [6, 6.07) is 15.3. The Hall–Kier alpha value is -2.20. The molecule has 0 amide bonds. The molecule has 1 aromatic carbocycles. The summed E-state index contributed by atoms with van der Waals surface area (Å²) >= 11 is 0. The van der Waals surface area contributed by atoms with Crippen molar-refractivity contribution in [3.05, 3.63) is 60.6 Å². The van der Waals surface area contributed by atoms with Crippen molar-refractivity contribution in [2.45, 2.75) is 25.3 Å². The minimum atomic E-state index is 0.530. The van der Waals surface area contributed by atoms with Gasteiger partial charge in [-0.3, -0.25) is 0 Å². The zero-order valence-corrected chi connectivity index (χ0v) is 13.3. The fourth-order valence-electron chi connectivity index (χ4n) is 3.49. The van der Waals surface area contributed by atoms with E-state index in [1.807, 2.05) is 24.7 Å². The van der Waals surface area contributed by atoms with Crippen LogP contribution >= 0.6 is 0 Å². The highest BCUT2D eigenvalue weighted by atomic mass is 15.2. The molecule has 2 aromatic heterocycles. The maximum atomic E-state index is 4.50. The van der Waals surface area contributed by atoms with Crippen molar-refractivity contribution in [1.82, 2.24) is 19.4 Å². The van der Waals surface area contributed by atoms with E-state index < -0.39 is 0 Å². The third kappa shape index (κ3) is 3.13. The molecule has 1 saturated heterocycles. The van der Waals surface area contributed by atoms with E-state index >= 15 is 0 Å². The van der Waals surface area contributed by atoms with E-state index in [-0.39, 0.29) is 0 Å². The van der Waals surface area contributed by atoms with Crippen molar-refractivity contribution in [3.8, 4) is 0 Å². The Balaban J connectivity index is 1.36. The third-order valence-electron chi connectivity index (χ3n) is 4.84. The summed E-state index contributed by atoms with van der Waals surface area (Å²) in [6.07, 6.45) is 7.31. The van der Waals surface area contributed by atoms with E-state index in [2.05, 4.69) is 49.8 Å². The normalized spacial score (nSPS) is 16.9. The monoisotopic (exact) mass is 306 g/mol. The molecule has 23 heavy (non-hydrogen) atoms. The highest BCUT2D eigenvalue weighted by molar-refractivity contribution is 5.70. The van der Waals surface area contributed by atoms with Crippen LogP contribution < -0.4 is 0 Å². The van der Waals surface area contributed by atoms with Crippen molar-refractivity contribution in [1.29, 1.82) is 0 Å². The minimum Gasteiger partial charge on any atom is -0.312 e. The highest BCUT2D eigenvalue weighted by Crippen LogP contribution is 2.25. The number of piperidine rings is 1. The Kier molecular flexibility index (Phi) is 4.07. The quantitative estimate of drug-likeness (QED) is 0.741. The summed E-state index contributed by atoms with van der Waals surface area (Å²) in [5, 5.41) is 0. The van der Waals surface area contributed by atoms with Gasteiger partial charge in [-0.15, -0.1) is 0 Å². The molecule has 4 nitrogen and oxygen atoms in total. The Morgan fingerprint density at radius 1 is 0.957 bits per heavy atom. The second kappa shape index (κ2) is 6.50. The van der Waals surface area contributed by atoms with Gasteiger partial charge in [0.15, 0.2) is 5.65 Å². The molecule has 3 heterocycles. The molecule has 3 aromatic rings. The third-order valence-corrected chi connectivity index (χ3v) is 4.84. The number of fused-ring (bicyclic) bond motifs is 1. The number of benzene rings is 1. The van der Waals surface area contributed by atoms with Crippen LogP contribution in [0.5, 0.6) is 0 Å². The van der Waals surface area contributed by atoms with E-state index in [0.717, 1.165) is 37.2 Å². The predicted octanol–water partition coefficient (Wildman–Crippen LogP) is 3.31. The van der Waals surface area contributed by atoms with Crippen LogP contribution in [-0.2, 0) is 6.42 Å². The molecule has 1 aliphatic rings. The number of hydrogen-bond donors (Lipinski definition) is 0. The number of likely N-dealkylation sites (tertiary alicyclic amines) is 1. The molecule has 0 atom stereocenters. The largest absolute Gasteiger partial charge is 0.312 e. The number of aromatic nitrogens is 3. The maximum absolute atomic E-state index is 4.50. The first kappa shape index (κ1) is 14.4. The molecule has 0 spiro atoms. The zero-order valence-electron chi connectivity index (χ0n) is 13.3. The molecule has 1 aliphatic heterocycles. The molecule has 1 fully saturated rings. The summed E-state index contributed by atoms with van der Waals surface area (Å²) in [6.45, 7) is 3.47. The molecule has 0 aliphatic carbocycles. The van der Waals surface area contributed by atoms with Gasteiger partial charge >= 0.3 is 0 Å². The predicted molar refractivity (Wildman–Crippen MR) is 92.4 cm³/mol. The van der Waals surface area contributed by atoms with Crippen LogP contribution in [0.3, 0.4) is 0 Å². The van der Waals surface area contributed by atoms with Crippen molar-refractivity contribution in [3.63, 3.8) is 0 Å². The van der Waals surface area contributed by atoms with Gasteiger partial charge in [-0.25, -0.2) is 9.97 Å². The molecule has 4 heteroatoms. The molecule has 4 rings (SSSR count). The average molecular weight is 306 g/mol. The second-order valence-electron chi connectivity index (χ2n) is 6.31. The number of rotatable bonds is 4. The average Bonchev–Trinajstić information content (AvgIpc) is 3.05. The summed E-state index contributed by atoms with van der Waals surface area (Å²) in [5.74, 6) is 0. The van der Waals surface area contributed by atoms with Gasteiger partial charge in [0.05, 0.1) is 6.33 Å². The first-order valence-corrected chi connectivity index (χ1v) is 8.44. The first-order chi connectivity index (χ1) is 11.4. The maximum Gasteiger partial charge on any atom is 0.160 e. The number of imidazole rings is 1. The summed E-state index contributed by atoms with van der Waals surface area (Å²) in [4.78, 5) is 11.6. The Bertz CT molecular complexity index is 757. The summed E-state index contributed by atoms with van der Waals surface area (Å²) < 4.78 is 2.27. The van der Waals surface area contributed by atoms with Crippen LogP contribution in [0, 0.1) is 0 Å². The smallest absolute Gasteiger partial charge is 0.160 e. The fourth-order valence-corrected chi connectivity index (χ4v) is 3.49. The minimum absolute atomic E-state index is 0.530. The molecule has 0 bridgehead atoms. The Labute approximate surface area is 136 Å². The van der Waals surface area contributed by atoms with Crippen LogP contribution in [-0.4, -0.2) is 39.1 Å². The van der Waals surface area contributed by atoms with E-state index in [1.165, 1.54) is 18.4 Å². The van der Waals surface area contributed by atoms with Crippen LogP contribution in [0.15, 0.2) is 55.0 Å². The standard InChI is InChI=1S/C19H22N4/c1-2-5-16(6-3-1)8-12-22-13-9-17(10-14-22)23-15-21-18-7-4-11-20-19(18)23/h1-7,11,15,17H,8-10,12-14H2. The zero-order chi connectivity index (χ0) is 15.5. The van der Waals surface area contributed by atoms with Crippen LogP contribution in [0.1, 0.15) is 24.4 Å². The molecule has 0 unspecified atom stereocenters. The summed E-state index contributed by atoms with van der Waals surface area (Å²) in [5.41, 5.74) is 3.45. The molecule has 118 valence electrons. The van der Waals surface area contributed by atoms with Crippen molar-refractivity contribution in [2.75, 3.05) is 19.6 Å². The molecular weight excluding hydrogens is 284 g/mol. The van der Waals surface area contributed by atoms with E-state index in [0.29, 0.717) is 6.04 Å². The van der Waals surface area contributed by atoms with Crippen molar-refractivity contribution < 1.29 is 0 Å². The lowest BCUT2D eigenvalue weighted by molar-refractivity contribution is 0.190. The van der Waals surface area contributed by atoms with Gasteiger partial charge in [-0.1, -0.05) is 30.3 Å². The Morgan fingerprint density at radius 2 is 1.78 bits per heavy atom. The van der Waals surface area contributed by atoms with Crippen LogP contribution in [0.25, 0.3) is 11.2 Å². The lowest BCUT2D eigenvalue weighted by Crippen LogP contribution is -2.35. The van der Waals surface area contributed by atoms with Gasteiger partial charge in [0, 0.05) is 31.9 Å². The van der Waals surface area contributed by atoms with E-state index in [4.69, 9.17) is 0 Å². The Morgan fingerprint density at radius 3 is 2.61 bits per heavy atom. The fraction of sp³-hybridized carbons (Fsp3) is 0.368. The van der Waals surface area contributed by atoms with Gasteiger partial charge in [-0.05, 0) is 37.0 Å². The van der Waals surface area contributed by atoms with Crippen LogP contribution in [0.2, 0.25) is 0 Å².